The second kappa shape index (κ2) is 12.5. The summed E-state index contributed by atoms with van der Waals surface area (Å²) in [7, 11) is 1.48. The topological polar surface area (TPSA) is 65.0 Å². The number of methoxy groups -OCH3 is 1. The van der Waals surface area contributed by atoms with Crippen molar-refractivity contribution in [1.82, 2.24) is 0 Å². The van der Waals surface area contributed by atoms with E-state index in [1.807, 2.05) is 0 Å². The molecule has 0 radical (unpaired) electrons. The maximum absolute atomic E-state index is 12.6. The summed E-state index contributed by atoms with van der Waals surface area (Å²) < 4.78 is 54.5. The molecule has 3 aromatic carbocycles. The van der Waals surface area contributed by atoms with Gasteiger partial charge in [0, 0.05) is 12.1 Å². The molecule has 0 atom stereocenters. The summed E-state index contributed by atoms with van der Waals surface area (Å²) in [5.41, 5.74) is 0.468. The molecule has 3 aromatic rings. The first-order valence-electron chi connectivity index (χ1n) is 9.87. The van der Waals surface area contributed by atoms with Gasteiger partial charge in [-0.05, 0) is 53.6 Å². The molecule has 0 spiro atoms. The molecule has 34 heavy (non-hydrogen) atoms. The zero-order valence-electron chi connectivity index (χ0n) is 19.6. The van der Waals surface area contributed by atoms with Crippen LogP contribution in [0.15, 0.2) is 72.8 Å². The van der Waals surface area contributed by atoms with Crippen LogP contribution in [0, 0.1) is 0 Å². The molecular formula is C25H22F3NaO5. The molecule has 174 valence electrons. The van der Waals surface area contributed by atoms with Gasteiger partial charge in [-0.2, -0.15) is 13.2 Å². The third-order valence-electron chi connectivity index (χ3n) is 4.47. The van der Waals surface area contributed by atoms with Crippen molar-refractivity contribution in [3.63, 3.8) is 0 Å². The fourth-order valence-electron chi connectivity index (χ4n) is 2.96. The van der Waals surface area contributed by atoms with Crippen molar-refractivity contribution in [2.45, 2.75) is 12.6 Å². The minimum atomic E-state index is -4.36. The largest absolute Gasteiger partial charge is 1.00 e. The average molecular weight is 482 g/mol. The number of carboxylic acid groups (broad SMARTS) is 1. The molecule has 0 aliphatic heterocycles. The first kappa shape index (κ1) is 27.3. The van der Waals surface area contributed by atoms with Gasteiger partial charge in [-0.25, -0.2) is 0 Å². The van der Waals surface area contributed by atoms with E-state index in [-0.39, 0.29) is 44.0 Å². The van der Waals surface area contributed by atoms with Gasteiger partial charge in [-0.15, -0.1) is 0 Å². The molecule has 0 aromatic heterocycles. The van der Waals surface area contributed by atoms with E-state index in [1.54, 1.807) is 54.6 Å². The minimum Gasteiger partial charge on any atom is -1.00 e. The van der Waals surface area contributed by atoms with E-state index in [2.05, 4.69) is 0 Å². The minimum absolute atomic E-state index is 0. The van der Waals surface area contributed by atoms with Gasteiger partial charge < -0.3 is 20.7 Å². The van der Waals surface area contributed by atoms with Crippen LogP contribution in [0.2, 0.25) is 0 Å². The number of rotatable bonds is 9. The van der Waals surface area contributed by atoms with Gasteiger partial charge >= 0.3 is 41.7 Å². The van der Waals surface area contributed by atoms with Crippen molar-refractivity contribution in [2.24, 2.45) is 0 Å². The number of carbonyl (C=O) groups is 1. The van der Waals surface area contributed by atoms with Crippen LogP contribution in [0.5, 0.6) is 23.0 Å². The van der Waals surface area contributed by atoms with Gasteiger partial charge in [-0.3, -0.25) is 4.79 Å². The van der Waals surface area contributed by atoms with Crippen LogP contribution in [-0.2, 0) is 17.4 Å². The van der Waals surface area contributed by atoms with E-state index in [0.717, 1.165) is 12.1 Å². The second-order valence-corrected chi connectivity index (χ2v) is 7.00. The van der Waals surface area contributed by atoms with E-state index in [0.29, 0.717) is 34.1 Å². The standard InChI is InChI=1S/C25H21F3O5.Na.H/c1-31-22-12-18(14-24(29)30)13-23(16-22)33-21-6-2-5-20(15-21)32-11-3-4-17-7-9-19(10-8-17)25(26,27)28;;/h2-10,12-13,15-16H,11,14H2,1H3,(H,29,30);;/q;+1;-1/b4-3+;;. The summed E-state index contributed by atoms with van der Waals surface area (Å²) in [5.74, 6) is 0.940. The summed E-state index contributed by atoms with van der Waals surface area (Å²) >= 11 is 0. The van der Waals surface area contributed by atoms with Crippen LogP contribution >= 0.6 is 0 Å². The SMILES string of the molecule is COc1cc(CC(=O)O)cc(Oc2cccc(OC/C=C/c3ccc(C(F)(F)F)cc3)c2)c1.[H-].[Na+]. The normalized spacial score (nSPS) is 11.1. The quantitative estimate of drug-likeness (QED) is 0.474. The fraction of sp³-hybridized carbons (Fsp3) is 0.160. The van der Waals surface area contributed by atoms with Crippen LogP contribution in [0.1, 0.15) is 18.1 Å². The Kier molecular flexibility index (Phi) is 10.0. The van der Waals surface area contributed by atoms with Gasteiger partial charge in [0.15, 0.2) is 0 Å². The van der Waals surface area contributed by atoms with Crippen LogP contribution < -0.4 is 43.8 Å². The molecule has 3 rings (SSSR count). The Labute approximate surface area is 218 Å². The van der Waals surface area contributed by atoms with E-state index in [9.17, 15) is 18.0 Å². The van der Waals surface area contributed by atoms with Gasteiger partial charge in [0.2, 0.25) is 0 Å². The first-order valence-corrected chi connectivity index (χ1v) is 9.87. The van der Waals surface area contributed by atoms with E-state index in [1.165, 1.54) is 19.2 Å². The summed E-state index contributed by atoms with van der Waals surface area (Å²) in [6, 6.07) is 16.6. The van der Waals surface area contributed by atoms with Gasteiger partial charge in [0.05, 0.1) is 19.1 Å². The summed E-state index contributed by atoms with van der Waals surface area (Å²) in [5, 5.41) is 9.02. The molecular weight excluding hydrogens is 460 g/mol. The molecule has 0 saturated carbocycles. The van der Waals surface area contributed by atoms with E-state index in [4.69, 9.17) is 19.3 Å². The molecule has 0 amide bonds. The fourth-order valence-corrected chi connectivity index (χ4v) is 2.96. The zero-order chi connectivity index (χ0) is 23.8. The molecule has 1 N–H and O–H groups in total. The predicted octanol–water partition coefficient (Wildman–Crippen LogP) is 3.34. The first-order chi connectivity index (χ1) is 15.7. The Morgan fingerprint density at radius 3 is 2.26 bits per heavy atom. The molecule has 0 heterocycles. The summed E-state index contributed by atoms with van der Waals surface area (Å²) in [6.45, 7) is 0.201. The van der Waals surface area contributed by atoms with Gasteiger partial charge in [0.1, 0.15) is 29.6 Å². The monoisotopic (exact) mass is 482 g/mol. The van der Waals surface area contributed by atoms with Crippen molar-refractivity contribution in [3.05, 3.63) is 89.5 Å². The van der Waals surface area contributed by atoms with Crippen molar-refractivity contribution in [1.29, 1.82) is 0 Å². The van der Waals surface area contributed by atoms with Crippen LogP contribution in [0.3, 0.4) is 0 Å². The smallest absolute Gasteiger partial charge is 1.00 e. The molecule has 0 unspecified atom stereocenters. The third-order valence-corrected chi connectivity index (χ3v) is 4.47. The second-order valence-electron chi connectivity index (χ2n) is 7.00. The molecule has 0 saturated heterocycles. The zero-order valence-corrected chi connectivity index (χ0v) is 20.6. The number of aliphatic carboxylic acids is 1. The third kappa shape index (κ3) is 8.44. The molecule has 0 fully saturated rings. The van der Waals surface area contributed by atoms with E-state index >= 15 is 0 Å². The number of halogens is 3. The van der Waals surface area contributed by atoms with Crippen LogP contribution in [0.25, 0.3) is 6.08 Å². The molecule has 0 bridgehead atoms. The van der Waals surface area contributed by atoms with Crippen molar-refractivity contribution < 1.29 is 68.3 Å². The Morgan fingerprint density at radius 2 is 1.62 bits per heavy atom. The van der Waals surface area contributed by atoms with Crippen molar-refractivity contribution >= 4 is 12.0 Å². The number of hydrogen-bond donors (Lipinski definition) is 1. The molecule has 0 aliphatic carbocycles. The Hall–Kier alpha value is -2.94. The molecule has 5 nitrogen and oxygen atoms in total. The molecule has 0 aliphatic rings. The Morgan fingerprint density at radius 1 is 0.971 bits per heavy atom. The Balaban J connectivity index is 0.00000306. The van der Waals surface area contributed by atoms with Crippen molar-refractivity contribution in [2.75, 3.05) is 13.7 Å². The van der Waals surface area contributed by atoms with Gasteiger partial charge in [-0.1, -0.05) is 24.3 Å². The predicted molar refractivity (Wildman–Crippen MR) is 118 cm³/mol. The number of ether oxygens (including phenoxy) is 3. The van der Waals surface area contributed by atoms with Crippen molar-refractivity contribution in [3.8, 4) is 23.0 Å². The summed E-state index contributed by atoms with van der Waals surface area (Å²) in [4.78, 5) is 11.0. The number of alkyl halides is 3. The number of carboxylic acids is 1. The van der Waals surface area contributed by atoms with Gasteiger partial charge in [0.25, 0.3) is 0 Å². The van der Waals surface area contributed by atoms with Crippen LogP contribution in [-0.4, -0.2) is 24.8 Å². The van der Waals surface area contributed by atoms with Crippen LogP contribution in [0.4, 0.5) is 13.2 Å². The maximum atomic E-state index is 12.6. The Bertz CT molecular complexity index is 1130. The average Bonchev–Trinajstić information content (AvgIpc) is 2.76. The maximum Gasteiger partial charge on any atom is 1.00 e. The summed E-state index contributed by atoms with van der Waals surface area (Å²) in [6.07, 6.45) is -1.17. The van der Waals surface area contributed by atoms with E-state index < -0.39 is 17.7 Å². The number of hydrogen-bond acceptors (Lipinski definition) is 4. The number of benzene rings is 3. The molecule has 9 heteroatoms.